The molecule has 1 aromatic carbocycles. The third-order valence-corrected chi connectivity index (χ3v) is 7.41. The van der Waals surface area contributed by atoms with Gasteiger partial charge in [-0.25, -0.2) is 19.9 Å². The number of aromatic nitrogens is 5. The molecule has 0 spiro atoms. The van der Waals surface area contributed by atoms with Gasteiger partial charge in [-0.15, -0.1) is 0 Å². The maximum atomic E-state index is 12.9. The molecule has 0 radical (unpaired) electrons. The molecule has 0 saturated heterocycles. The zero-order valence-electron chi connectivity index (χ0n) is 21.7. The molecular weight excluding hydrogens is 504 g/mol. The summed E-state index contributed by atoms with van der Waals surface area (Å²) in [4.78, 5) is 42.9. The predicted octanol–water partition coefficient (Wildman–Crippen LogP) is 4.36. The number of rotatable bonds is 6. The zero-order valence-corrected chi connectivity index (χ0v) is 21.7. The molecule has 2 amide bonds. The van der Waals surface area contributed by atoms with E-state index in [2.05, 4.69) is 15.3 Å². The van der Waals surface area contributed by atoms with Gasteiger partial charge < -0.3 is 16.8 Å². The number of benzene rings is 1. The van der Waals surface area contributed by atoms with Crippen molar-refractivity contribution in [3.63, 3.8) is 0 Å². The molecule has 0 bridgehead atoms. The summed E-state index contributed by atoms with van der Waals surface area (Å²) in [6.45, 7) is 0. The largest absolute Gasteiger partial charge is 0.383 e. The molecule has 1 aliphatic rings. The summed E-state index contributed by atoms with van der Waals surface area (Å²) in [6, 6.07) is 21.1. The standard InChI is InChI=1S/C30H28N8O2/c31-26-22(7-4-16-33-26)28-36-24-14-13-23(18-5-2-1-3-6-18)35-29(24)38(28)21-12-15-25(34-17-21)37-30(40)20-10-8-19(9-11-20)27(32)39/h1-7,12-17,19-20H,8-11H2,(H2,31,33)(H2,32,39)(H,34,37,40). The number of fused-ring (bicyclic) bond motifs is 1. The number of primary amides is 1. The lowest BCUT2D eigenvalue weighted by atomic mass is 9.81. The first kappa shape index (κ1) is 25.2. The molecule has 0 aliphatic heterocycles. The Balaban J connectivity index is 1.34. The molecule has 40 heavy (non-hydrogen) atoms. The van der Waals surface area contributed by atoms with Gasteiger partial charge in [0.05, 0.1) is 23.1 Å². The fraction of sp³-hybridized carbons (Fsp3) is 0.200. The van der Waals surface area contributed by atoms with E-state index in [1.807, 2.05) is 65.2 Å². The van der Waals surface area contributed by atoms with Crippen molar-refractivity contribution in [2.45, 2.75) is 25.7 Å². The van der Waals surface area contributed by atoms with Crippen LogP contribution in [-0.2, 0) is 9.59 Å². The molecule has 0 unspecified atom stereocenters. The first-order valence-corrected chi connectivity index (χ1v) is 13.2. The number of hydrogen-bond donors (Lipinski definition) is 3. The predicted molar refractivity (Wildman–Crippen MR) is 153 cm³/mol. The quantitative estimate of drug-likeness (QED) is 0.293. The number of pyridine rings is 3. The van der Waals surface area contributed by atoms with Gasteiger partial charge in [-0.05, 0) is 62.1 Å². The van der Waals surface area contributed by atoms with Crippen molar-refractivity contribution in [2.24, 2.45) is 17.6 Å². The monoisotopic (exact) mass is 532 g/mol. The Hall–Kier alpha value is -5.12. The van der Waals surface area contributed by atoms with E-state index in [9.17, 15) is 9.59 Å². The van der Waals surface area contributed by atoms with E-state index in [0.29, 0.717) is 65.6 Å². The number of nitrogen functional groups attached to an aromatic ring is 1. The van der Waals surface area contributed by atoms with Gasteiger partial charge in [0, 0.05) is 23.6 Å². The van der Waals surface area contributed by atoms with Gasteiger partial charge >= 0.3 is 0 Å². The summed E-state index contributed by atoms with van der Waals surface area (Å²) in [7, 11) is 0. The zero-order chi connectivity index (χ0) is 27.6. The van der Waals surface area contributed by atoms with E-state index in [1.54, 1.807) is 18.5 Å². The van der Waals surface area contributed by atoms with E-state index in [4.69, 9.17) is 21.4 Å². The van der Waals surface area contributed by atoms with E-state index in [-0.39, 0.29) is 23.7 Å². The van der Waals surface area contributed by atoms with E-state index in [1.165, 1.54) is 0 Å². The van der Waals surface area contributed by atoms with Crippen LogP contribution in [0, 0.1) is 11.8 Å². The number of hydrogen-bond acceptors (Lipinski definition) is 7. The van der Waals surface area contributed by atoms with E-state index < -0.39 is 0 Å². The van der Waals surface area contributed by atoms with Crippen LogP contribution < -0.4 is 16.8 Å². The fourth-order valence-corrected chi connectivity index (χ4v) is 5.22. The molecule has 1 aliphatic carbocycles. The number of amides is 2. The van der Waals surface area contributed by atoms with Gasteiger partial charge in [-0.2, -0.15) is 0 Å². The molecular formula is C30H28N8O2. The highest BCUT2D eigenvalue weighted by atomic mass is 16.2. The molecule has 10 nitrogen and oxygen atoms in total. The highest BCUT2D eigenvalue weighted by Gasteiger charge is 2.29. The molecule has 5 N–H and O–H groups in total. The van der Waals surface area contributed by atoms with E-state index >= 15 is 0 Å². The summed E-state index contributed by atoms with van der Waals surface area (Å²) in [6.07, 6.45) is 5.83. The normalized spacial score (nSPS) is 17.0. The minimum Gasteiger partial charge on any atom is -0.383 e. The molecule has 1 saturated carbocycles. The van der Waals surface area contributed by atoms with Crippen LogP contribution in [0.25, 0.3) is 39.5 Å². The Bertz CT molecular complexity index is 1690. The Morgan fingerprint density at radius 1 is 0.850 bits per heavy atom. The second kappa shape index (κ2) is 10.6. The number of nitrogens with zero attached hydrogens (tertiary/aromatic N) is 5. The van der Waals surface area contributed by atoms with Crippen molar-refractivity contribution in [2.75, 3.05) is 11.1 Å². The van der Waals surface area contributed by atoms with Crippen molar-refractivity contribution >= 4 is 34.6 Å². The third-order valence-electron chi connectivity index (χ3n) is 7.41. The minimum absolute atomic E-state index is 0.103. The Kier molecular flexibility index (Phi) is 6.65. The van der Waals surface area contributed by atoms with Crippen molar-refractivity contribution in [3.8, 4) is 28.3 Å². The van der Waals surface area contributed by atoms with Crippen LogP contribution >= 0.6 is 0 Å². The van der Waals surface area contributed by atoms with E-state index in [0.717, 1.165) is 11.3 Å². The number of imidazole rings is 1. The molecule has 4 aromatic heterocycles. The molecule has 1 fully saturated rings. The molecule has 10 heteroatoms. The van der Waals surface area contributed by atoms with Crippen molar-refractivity contribution in [1.29, 1.82) is 0 Å². The molecule has 4 heterocycles. The lowest BCUT2D eigenvalue weighted by Gasteiger charge is -2.25. The first-order chi connectivity index (χ1) is 19.5. The maximum Gasteiger partial charge on any atom is 0.228 e. The van der Waals surface area contributed by atoms with Gasteiger partial charge in [0.2, 0.25) is 11.8 Å². The maximum absolute atomic E-state index is 12.9. The van der Waals surface area contributed by atoms with Crippen LogP contribution in [0.1, 0.15) is 25.7 Å². The topological polar surface area (TPSA) is 155 Å². The lowest BCUT2D eigenvalue weighted by molar-refractivity contribution is -0.126. The van der Waals surface area contributed by atoms with Gasteiger partial charge in [-0.1, -0.05) is 30.3 Å². The summed E-state index contributed by atoms with van der Waals surface area (Å²) in [5.74, 6) is 0.667. The van der Waals surface area contributed by atoms with Crippen LogP contribution in [0.2, 0.25) is 0 Å². The number of nitrogens with two attached hydrogens (primary N) is 2. The van der Waals surface area contributed by atoms with Crippen LogP contribution in [0.4, 0.5) is 11.6 Å². The third kappa shape index (κ3) is 4.86. The molecule has 200 valence electrons. The molecule has 6 rings (SSSR count). The summed E-state index contributed by atoms with van der Waals surface area (Å²) < 4.78 is 1.90. The second-order valence-corrected chi connectivity index (χ2v) is 9.95. The second-order valence-electron chi connectivity index (χ2n) is 9.95. The van der Waals surface area contributed by atoms with Gasteiger partial charge in [-0.3, -0.25) is 14.2 Å². The van der Waals surface area contributed by atoms with Gasteiger partial charge in [0.1, 0.15) is 17.2 Å². The van der Waals surface area contributed by atoms with Crippen LogP contribution in [0.15, 0.2) is 79.1 Å². The first-order valence-electron chi connectivity index (χ1n) is 13.2. The summed E-state index contributed by atoms with van der Waals surface area (Å²) in [5, 5.41) is 2.91. The highest BCUT2D eigenvalue weighted by molar-refractivity contribution is 5.92. The summed E-state index contributed by atoms with van der Waals surface area (Å²) in [5.41, 5.74) is 16.2. The van der Waals surface area contributed by atoms with Crippen LogP contribution in [0.5, 0.6) is 0 Å². The Morgan fingerprint density at radius 3 is 2.33 bits per heavy atom. The van der Waals surface area contributed by atoms with Gasteiger partial charge in [0.15, 0.2) is 11.5 Å². The summed E-state index contributed by atoms with van der Waals surface area (Å²) >= 11 is 0. The number of carbonyl (C=O) groups is 2. The SMILES string of the molecule is NC(=O)C1CCC(C(=O)Nc2ccc(-n3c(-c4cccnc4N)nc4ccc(-c5ccccc5)nc43)cn2)CC1. The lowest BCUT2D eigenvalue weighted by Crippen LogP contribution is -2.32. The van der Waals surface area contributed by atoms with Crippen molar-refractivity contribution in [1.82, 2.24) is 24.5 Å². The Labute approximate surface area is 230 Å². The average molecular weight is 533 g/mol. The fourth-order valence-electron chi connectivity index (χ4n) is 5.22. The number of nitrogens with one attached hydrogen (secondary N) is 1. The smallest absolute Gasteiger partial charge is 0.228 e. The van der Waals surface area contributed by atoms with Crippen molar-refractivity contribution < 1.29 is 9.59 Å². The number of carbonyl (C=O) groups excluding carboxylic acids is 2. The molecule has 0 atom stereocenters. The highest BCUT2D eigenvalue weighted by Crippen LogP contribution is 2.32. The van der Waals surface area contributed by atoms with Gasteiger partial charge in [0.25, 0.3) is 0 Å². The minimum atomic E-state index is -0.291. The van der Waals surface area contributed by atoms with Crippen LogP contribution in [0.3, 0.4) is 0 Å². The Morgan fingerprint density at radius 2 is 1.62 bits per heavy atom. The van der Waals surface area contributed by atoms with Crippen molar-refractivity contribution in [3.05, 3.63) is 79.1 Å². The number of anilines is 2. The average Bonchev–Trinajstić information content (AvgIpc) is 3.37. The van der Waals surface area contributed by atoms with Crippen LogP contribution in [-0.4, -0.2) is 36.3 Å². The molecule has 5 aromatic rings.